The number of carboxylic acid groups (broad SMARTS) is 1. The number of thiophene rings is 1. The van der Waals surface area contributed by atoms with Gasteiger partial charge in [0, 0.05) is 0 Å². The molecule has 0 aliphatic heterocycles. The van der Waals surface area contributed by atoms with Gasteiger partial charge in [0.15, 0.2) is 0 Å². The normalized spacial score (nSPS) is 10.7. The maximum atomic E-state index is 11.4. The first kappa shape index (κ1) is 9.85. The van der Waals surface area contributed by atoms with Gasteiger partial charge < -0.3 is 10.1 Å². The third-order valence-corrected chi connectivity index (χ3v) is 3.02. The predicted molar refractivity (Wildman–Crippen MR) is 56.6 cm³/mol. The lowest BCUT2D eigenvalue weighted by molar-refractivity contribution is 0.0702. The molecule has 0 radical (unpaired) electrons. The van der Waals surface area contributed by atoms with Crippen LogP contribution in [-0.2, 0) is 6.42 Å². The number of carboxylic acids is 1. The van der Waals surface area contributed by atoms with Gasteiger partial charge in [-0.15, -0.1) is 11.3 Å². The number of H-pyrrole nitrogens is 1. The van der Waals surface area contributed by atoms with Crippen molar-refractivity contribution < 1.29 is 9.90 Å². The van der Waals surface area contributed by atoms with E-state index in [1.54, 1.807) is 0 Å². The quantitative estimate of drug-likeness (QED) is 0.804. The predicted octanol–water partition coefficient (Wildman–Crippen LogP) is 1.25. The molecule has 0 saturated carbocycles. The number of fused-ring (bicyclic) bond motifs is 1. The lowest BCUT2D eigenvalue weighted by Gasteiger charge is -1.93. The van der Waals surface area contributed by atoms with Gasteiger partial charge in [-0.3, -0.25) is 4.79 Å². The minimum Gasteiger partial charge on any atom is -0.477 e. The van der Waals surface area contributed by atoms with Crippen molar-refractivity contribution in [3.63, 3.8) is 0 Å². The van der Waals surface area contributed by atoms with Crippen LogP contribution in [0, 0.1) is 0 Å². The fraction of sp³-hybridized carbons (Fsp3) is 0.222. The lowest BCUT2D eigenvalue weighted by Crippen LogP contribution is -2.13. The zero-order valence-corrected chi connectivity index (χ0v) is 8.72. The summed E-state index contributed by atoms with van der Waals surface area (Å²) < 4.78 is 0. The zero-order valence-electron chi connectivity index (χ0n) is 7.90. The highest BCUT2D eigenvalue weighted by atomic mass is 32.1. The van der Waals surface area contributed by atoms with Gasteiger partial charge in [0.05, 0.1) is 5.52 Å². The molecule has 0 saturated heterocycles. The molecule has 0 aromatic carbocycles. The fourth-order valence-corrected chi connectivity index (χ4v) is 2.11. The second kappa shape index (κ2) is 3.47. The lowest BCUT2D eigenvalue weighted by atomic mass is 10.3. The summed E-state index contributed by atoms with van der Waals surface area (Å²) in [5.74, 6) is -1.00. The number of rotatable bonds is 2. The van der Waals surface area contributed by atoms with Gasteiger partial charge in [0.2, 0.25) is 0 Å². The van der Waals surface area contributed by atoms with E-state index < -0.39 is 5.97 Å². The van der Waals surface area contributed by atoms with E-state index in [9.17, 15) is 9.59 Å². The third kappa shape index (κ3) is 1.63. The molecule has 0 atom stereocenters. The summed E-state index contributed by atoms with van der Waals surface area (Å²) in [6.45, 7) is 1.83. The summed E-state index contributed by atoms with van der Waals surface area (Å²) in [4.78, 5) is 29.5. The minimum atomic E-state index is -1.00. The van der Waals surface area contributed by atoms with Crippen LogP contribution in [0.4, 0.5) is 0 Å². The number of aromatic amines is 1. The number of aromatic carboxylic acids is 1. The zero-order chi connectivity index (χ0) is 11.0. The van der Waals surface area contributed by atoms with Crippen LogP contribution in [0.15, 0.2) is 10.9 Å². The van der Waals surface area contributed by atoms with E-state index in [4.69, 9.17) is 5.11 Å². The van der Waals surface area contributed by atoms with Gasteiger partial charge in [-0.25, -0.2) is 9.78 Å². The van der Waals surface area contributed by atoms with Crippen LogP contribution in [0.5, 0.6) is 0 Å². The summed E-state index contributed by atoms with van der Waals surface area (Å²) in [6, 6.07) is 1.43. The highest BCUT2D eigenvalue weighted by Crippen LogP contribution is 2.21. The first-order valence-corrected chi connectivity index (χ1v) is 5.19. The van der Waals surface area contributed by atoms with Gasteiger partial charge in [-0.2, -0.15) is 0 Å². The molecular weight excluding hydrogens is 216 g/mol. The summed E-state index contributed by atoms with van der Waals surface area (Å²) >= 11 is 1.06. The molecule has 0 amide bonds. The van der Waals surface area contributed by atoms with E-state index in [-0.39, 0.29) is 10.4 Å². The maximum Gasteiger partial charge on any atom is 0.346 e. The standard InChI is InChI=1S/C9H8N2O3S/c1-2-4-7(12)10-5-3-6(9(13)14)15-8(5)11-4/h3H,2H2,1H3,(H,10,12)(H,13,14). The second-order valence-electron chi connectivity index (χ2n) is 3.00. The van der Waals surface area contributed by atoms with Crippen molar-refractivity contribution in [3.05, 3.63) is 27.0 Å². The molecule has 78 valence electrons. The minimum absolute atomic E-state index is 0.182. The molecular formula is C9H8N2O3S. The van der Waals surface area contributed by atoms with Crippen LogP contribution in [0.3, 0.4) is 0 Å². The van der Waals surface area contributed by atoms with Crippen molar-refractivity contribution in [1.29, 1.82) is 0 Å². The molecule has 0 fully saturated rings. The molecule has 0 bridgehead atoms. The van der Waals surface area contributed by atoms with Gasteiger partial charge in [-0.05, 0) is 12.5 Å². The molecule has 2 heterocycles. The van der Waals surface area contributed by atoms with Crippen molar-refractivity contribution in [2.75, 3.05) is 0 Å². The number of hydrogen-bond donors (Lipinski definition) is 2. The maximum absolute atomic E-state index is 11.4. The number of aromatic nitrogens is 2. The molecule has 2 aromatic heterocycles. The van der Waals surface area contributed by atoms with E-state index >= 15 is 0 Å². The highest BCUT2D eigenvalue weighted by Gasteiger charge is 2.11. The van der Waals surface area contributed by atoms with Gasteiger partial charge in [0.25, 0.3) is 5.56 Å². The Morgan fingerprint density at radius 3 is 3.00 bits per heavy atom. The first-order valence-electron chi connectivity index (χ1n) is 4.38. The van der Waals surface area contributed by atoms with Crippen molar-refractivity contribution in [1.82, 2.24) is 9.97 Å². The number of aryl methyl sites for hydroxylation is 1. The Bertz CT molecular complexity index is 585. The third-order valence-electron chi connectivity index (χ3n) is 2.00. The number of nitrogens with zero attached hydrogens (tertiary/aromatic N) is 1. The summed E-state index contributed by atoms with van der Waals surface area (Å²) in [5.41, 5.74) is 0.667. The Labute approximate surface area is 88.4 Å². The molecule has 2 aromatic rings. The number of nitrogens with one attached hydrogen (secondary N) is 1. The molecule has 0 aliphatic rings. The molecule has 6 heteroatoms. The number of carbonyl (C=O) groups is 1. The van der Waals surface area contributed by atoms with Gasteiger partial charge in [0.1, 0.15) is 15.4 Å². The van der Waals surface area contributed by atoms with E-state index in [1.165, 1.54) is 6.07 Å². The monoisotopic (exact) mass is 224 g/mol. The van der Waals surface area contributed by atoms with Crippen LogP contribution in [-0.4, -0.2) is 21.0 Å². The smallest absolute Gasteiger partial charge is 0.346 e. The van der Waals surface area contributed by atoms with Gasteiger partial charge >= 0.3 is 5.97 Å². The van der Waals surface area contributed by atoms with E-state index in [0.717, 1.165) is 11.3 Å². The van der Waals surface area contributed by atoms with E-state index in [2.05, 4.69) is 9.97 Å². The van der Waals surface area contributed by atoms with Crippen molar-refractivity contribution >= 4 is 27.7 Å². The average molecular weight is 224 g/mol. The SMILES string of the molecule is CCc1nc2sc(C(=O)O)cc2[nH]c1=O. The summed E-state index contributed by atoms with van der Waals surface area (Å²) in [7, 11) is 0. The molecule has 5 nitrogen and oxygen atoms in total. The Balaban J connectivity index is 2.72. The topological polar surface area (TPSA) is 83.0 Å². The molecule has 0 aliphatic carbocycles. The van der Waals surface area contributed by atoms with Crippen LogP contribution in [0.25, 0.3) is 10.3 Å². The molecule has 0 spiro atoms. The van der Waals surface area contributed by atoms with Crippen LogP contribution >= 0.6 is 11.3 Å². The first-order chi connectivity index (χ1) is 7.11. The Hall–Kier alpha value is -1.69. The van der Waals surface area contributed by atoms with E-state index in [1.807, 2.05) is 6.92 Å². The van der Waals surface area contributed by atoms with Crippen molar-refractivity contribution in [2.24, 2.45) is 0 Å². The Morgan fingerprint density at radius 2 is 2.40 bits per heavy atom. The summed E-state index contributed by atoms with van der Waals surface area (Å²) in [6.07, 6.45) is 0.533. The average Bonchev–Trinajstić information content (AvgIpc) is 2.59. The molecule has 2 N–H and O–H groups in total. The van der Waals surface area contributed by atoms with Crippen molar-refractivity contribution in [2.45, 2.75) is 13.3 Å². The Morgan fingerprint density at radius 1 is 1.67 bits per heavy atom. The largest absolute Gasteiger partial charge is 0.477 e. The van der Waals surface area contributed by atoms with Crippen molar-refractivity contribution in [3.8, 4) is 0 Å². The highest BCUT2D eigenvalue weighted by molar-refractivity contribution is 7.20. The van der Waals surface area contributed by atoms with Crippen LogP contribution in [0.2, 0.25) is 0 Å². The summed E-state index contributed by atoms with van der Waals surface area (Å²) in [5, 5.41) is 8.77. The number of hydrogen-bond acceptors (Lipinski definition) is 4. The fourth-order valence-electron chi connectivity index (χ4n) is 1.27. The van der Waals surface area contributed by atoms with E-state index in [0.29, 0.717) is 22.5 Å². The molecule has 15 heavy (non-hydrogen) atoms. The second-order valence-corrected chi connectivity index (χ2v) is 4.03. The Kier molecular flexibility index (Phi) is 2.28. The molecule has 0 unspecified atom stereocenters. The van der Waals surface area contributed by atoms with Crippen LogP contribution < -0.4 is 5.56 Å². The van der Waals surface area contributed by atoms with Crippen LogP contribution in [0.1, 0.15) is 22.3 Å². The van der Waals surface area contributed by atoms with Gasteiger partial charge in [-0.1, -0.05) is 6.92 Å². The molecule has 2 rings (SSSR count).